The summed E-state index contributed by atoms with van der Waals surface area (Å²) in [5.74, 6) is 0.0916. The number of aliphatic hydroxyl groups is 1. The summed E-state index contributed by atoms with van der Waals surface area (Å²) < 4.78 is 0. The van der Waals surface area contributed by atoms with Gasteiger partial charge in [-0.3, -0.25) is 9.69 Å². The Labute approximate surface area is 247 Å². The van der Waals surface area contributed by atoms with Crippen LogP contribution in [0.25, 0.3) is 16.8 Å². The first kappa shape index (κ1) is 27.3. The fraction of sp³-hybridized carbons (Fsp3) is 0.367. The van der Waals surface area contributed by atoms with Gasteiger partial charge in [0.15, 0.2) is 5.13 Å². The molecular formula is C30H29Cl2N5O2S. The van der Waals surface area contributed by atoms with E-state index < -0.39 is 0 Å². The molecule has 0 radical (unpaired) electrons. The van der Waals surface area contributed by atoms with Crippen LogP contribution in [0.2, 0.25) is 10.0 Å². The van der Waals surface area contributed by atoms with Crippen LogP contribution >= 0.6 is 34.5 Å². The van der Waals surface area contributed by atoms with Crippen molar-refractivity contribution in [2.24, 2.45) is 0 Å². The molecule has 0 bridgehead atoms. The number of hydrogen-bond acceptors (Lipinski definition) is 7. The van der Waals surface area contributed by atoms with Gasteiger partial charge in [-0.15, -0.1) is 0 Å². The van der Waals surface area contributed by atoms with Gasteiger partial charge in [-0.05, 0) is 65.8 Å². The Bertz CT molecular complexity index is 1520. The summed E-state index contributed by atoms with van der Waals surface area (Å²) in [6, 6.07) is 14.5. The van der Waals surface area contributed by atoms with Crippen molar-refractivity contribution in [1.82, 2.24) is 14.8 Å². The Morgan fingerprint density at radius 1 is 1.18 bits per heavy atom. The number of β-amino-alcohol motifs (C(OH)–C–C–N with tert-alkyl or cyclic N) is 1. The SMILES string of the molecule is CN(c1nc(-c2cc(Cl)cc(Cl)c2)c(C#N)s1)C1CCc2ccc(C3=CCN(CC(=O)N4CC(O)C4)CC3)cc21. The van der Waals surface area contributed by atoms with E-state index in [1.807, 2.05) is 7.05 Å². The second kappa shape index (κ2) is 11.2. The Hall–Kier alpha value is -2.93. The van der Waals surface area contributed by atoms with Crippen LogP contribution in [0.5, 0.6) is 0 Å². The van der Waals surface area contributed by atoms with Crippen molar-refractivity contribution < 1.29 is 9.90 Å². The second-order valence-electron chi connectivity index (χ2n) is 10.7. The summed E-state index contributed by atoms with van der Waals surface area (Å²) in [6.07, 6.45) is 4.73. The highest BCUT2D eigenvalue weighted by Gasteiger charge is 2.31. The normalized spacial score (nSPS) is 19.1. The van der Waals surface area contributed by atoms with Crippen LogP contribution in [0.15, 0.2) is 42.5 Å². The number of aromatic nitrogens is 1. The Kier molecular flexibility index (Phi) is 7.60. The molecule has 1 fully saturated rings. The number of fused-ring (bicyclic) bond motifs is 1. The second-order valence-corrected chi connectivity index (χ2v) is 12.5. The molecule has 10 heteroatoms. The highest BCUT2D eigenvalue weighted by atomic mass is 35.5. The van der Waals surface area contributed by atoms with Gasteiger partial charge < -0.3 is 14.9 Å². The molecule has 0 saturated carbocycles. The molecule has 3 aliphatic rings. The molecule has 2 aromatic carbocycles. The number of anilines is 1. The molecule has 206 valence electrons. The van der Waals surface area contributed by atoms with Crippen LogP contribution in [-0.2, 0) is 11.2 Å². The van der Waals surface area contributed by atoms with Gasteiger partial charge in [0, 0.05) is 48.8 Å². The van der Waals surface area contributed by atoms with Gasteiger partial charge in [0.2, 0.25) is 5.91 Å². The minimum atomic E-state index is -0.368. The van der Waals surface area contributed by atoms with E-state index in [-0.39, 0.29) is 18.1 Å². The van der Waals surface area contributed by atoms with Gasteiger partial charge in [0.05, 0.1) is 18.7 Å². The van der Waals surface area contributed by atoms with E-state index in [9.17, 15) is 15.2 Å². The highest BCUT2D eigenvalue weighted by Crippen LogP contribution is 2.42. The molecular weight excluding hydrogens is 565 g/mol. The number of nitriles is 1. The zero-order valence-electron chi connectivity index (χ0n) is 22.1. The van der Waals surface area contributed by atoms with Gasteiger partial charge >= 0.3 is 0 Å². The van der Waals surface area contributed by atoms with Gasteiger partial charge in [-0.25, -0.2) is 4.98 Å². The standard InChI is InChI=1S/C30H29Cl2N5O2S/c1-35(30-34-29(27(14-33)40-30)21-10-22(31)13-23(32)11-21)26-5-4-19-2-3-20(12-25(19)26)18-6-8-36(9-7-18)17-28(39)37-15-24(38)16-37/h2-3,6,10-13,24,26,38H,4-5,7-9,15-17H2,1H3. The third-order valence-electron chi connectivity index (χ3n) is 8.05. The van der Waals surface area contributed by atoms with Crippen molar-refractivity contribution in [2.75, 3.05) is 44.7 Å². The molecule has 6 rings (SSSR count). The lowest BCUT2D eigenvalue weighted by Gasteiger charge is -2.37. The van der Waals surface area contributed by atoms with Crippen LogP contribution in [0.1, 0.15) is 40.5 Å². The van der Waals surface area contributed by atoms with Crippen LogP contribution in [0, 0.1) is 11.3 Å². The smallest absolute Gasteiger partial charge is 0.236 e. The predicted molar refractivity (Wildman–Crippen MR) is 160 cm³/mol. The number of halogens is 2. The third kappa shape index (κ3) is 5.37. The van der Waals surface area contributed by atoms with Crippen molar-refractivity contribution in [3.05, 3.63) is 74.1 Å². The predicted octanol–water partition coefficient (Wildman–Crippen LogP) is 5.40. The number of carbonyl (C=O) groups is 1. The highest BCUT2D eigenvalue weighted by molar-refractivity contribution is 7.16. The maximum atomic E-state index is 12.4. The van der Waals surface area contributed by atoms with Crippen LogP contribution < -0.4 is 4.90 Å². The molecule has 3 heterocycles. The molecule has 3 aromatic rings. The quantitative estimate of drug-likeness (QED) is 0.412. The minimum absolute atomic E-state index is 0.0916. The van der Waals surface area contributed by atoms with Crippen molar-refractivity contribution in [2.45, 2.75) is 31.4 Å². The van der Waals surface area contributed by atoms with E-state index in [2.05, 4.69) is 40.1 Å². The van der Waals surface area contributed by atoms with Crippen molar-refractivity contribution in [3.63, 3.8) is 0 Å². The number of aliphatic hydroxyl groups excluding tert-OH is 1. The molecule has 1 aromatic heterocycles. The molecule has 0 spiro atoms. The molecule has 1 amide bonds. The van der Waals surface area contributed by atoms with Gasteiger partial charge in [-0.1, -0.05) is 52.7 Å². The Morgan fingerprint density at radius 2 is 1.95 bits per heavy atom. The topological polar surface area (TPSA) is 83.7 Å². The van der Waals surface area contributed by atoms with E-state index in [1.54, 1.807) is 23.1 Å². The summed E-state index contributed by atoms with van der Waals surface area (Å²) in [7, 11) is 2.05. The molecule has 1 atom stereocenters. The summed E-state index contributed by atoms with van der Waals surface area (Å²) in [5, 5.41) is 21.1. The van der Waals surface area contributed by atoms with Crippen molar-refractivity contribution in [3.8, 4) is 17.3 Å². The lowest BCUT2D eigenvalue weighted by atomic mass is 9.95. The number of carbonyl (C=O) groups excluding carboxylic acids is 1. The van der Waals surface area contributed by atoms with Crippen LogP contribution in [0.3, 0.4) is 0 Å². The number of nitrogens with zero attached hydrogens (tertiary/aromatic N) is 5. The maximum absolute atomic E-state index is 12.4. The molecule has 7 nitrogen and oxygen atoms in total. The zero-order valence-corrected chi connectivity index (χ0v) is 24.4. The molecule has 1 aliphatic carbocycles. The molecule has 40 heavy (non-hydrogen) atoms. The van der Waals surface area contributed by atoms with Crippen molar-refractivity contribution >= 4 is 51.2 Å². The number of amides is 1. The maximum Gasteiger partial charge on any atom is 0.236 e. The van der Waals surface area contributed by atoms with E-state index in [4.69, 9.17) is 28.2 Å². The van der Waals surface area contributed by atoms with Crippen LogP contribution in [0.4, 0.5) is 5.13 Å². The average molecular weight is 595 g/mol. The van der Waals surface area contributed by atoms with E-state index in [0.29, 0.717) is 40.3 Å². The molecule has 2 aliphatic heterocycles. The minimum Gasteiger partial charge on any atom is -0.389 e. The average Bonchev–Trinajstić information content (AvgIpc) is 3.55. The monoisotopic (exact) mass is 593 g/mol. The number of thiazole rings is 1. The van der Waals surface area contributed by atoms with Gasteiger partial charge in [-0.2, -0.15) is 5.26 Å². The fourth-order valence-corrected chi connectivity index (χ4v) is 7.23. The zero-order chi connectivity index (χ0) is 28.0. The van der Waals surface area contributed by atoms with Gasteiger partial charge in [0.1, 0.15) is 16.6 Å². The van der Waals surface area contributed by atoms with Gasteiger partial charge in [0.25, 0.3) is 0 Å². The largest absolute Gasteiger partial charge is 0.389 e. The lowest BCUT2D eigenvalue weighted by molar-refractivity contribution is -0.142. The van der Waals surface area contributed by atoms with E-state index >= 15 is 0 Å². The number of aryl methyl sites for hydroxylation is 1. The van der Waals surface area contributed by atoms with Crippen molar-refractivity contribution in [1.29, 1.82) is 5.26 Å². The van der Waals surface area contributed by atoms with E-state index in [0.717, 1.165) is 43.0 Å². The summed E-state index contributed by atoms with van der Waals surface area (Å²) in [4.78, 5) is 23.9. The number of rotatable bonds is 6. The molecule has 1 N–H and O–H groups in total. The van der Waals surface area contributed by atoms with Crippen LogP contribution in [-0.4, -0.2) is 71.7 Å². The summed E-state index contributed by atoms with van der Waals surface area (Å²) in [5.41, 5.74) is 6.52. The summed E-state index contributed by atoms with van der Waals surface area (Å²) in [6.45, 7) is 2.88. The fourth-order valence-electron chi connectivity index (χ4n) is 5.80. The first-order chi connectivity index (χ1) is 19.3. The number of likely N-dealkylation sites (tertiary alicyclic amines) is 1. The number of benzene rings is 2. The molecule has 1 unspecified atom stereocenters. The van der Waals surface area contributed by atoms with E-state index in [1.165, 1.54) is 33.6 Å². The first-order valence-electron chi connectivity index (χ1n) is 13.4. The Morgan fingerprint density at radius 3 is 2.62 bits per heavy atom. The lowest BCUT2D eigenvalue weighted by Crippen LogP contribution is -2.56. The summed E-state index contributed by atoms with van der Waals surface area (Å²) >= 11 is 13.8. The number of hydrogen-bond donors (Lipinski definition) is 1. The molecule has 1 saturated heterocycles. The Balaban J connectivity index is 1.19. The first-order valence-corrected chi connectivity index (χ1v) is 15.0. The third-order valence-corrected chi connectivity index (χ3v) is 9.54.